The molecule has 1 heterocycles. The summed E-state index contributed by atoms with van der Waals surface area (Å²) in [5.41, 5.74) is 0. The first-order valence-corrected chi connectivity index (χ1v) is 5.69. The number of guanidine groups is 1. The topological polar surface area (TPSA) is 53.5 Å². The first kappa shape index (κ1) is 9.51. The fourth-order valence-electron chi connectivity index (χ4n) is 0.944. The SMILES string of the molecule is CCS(=O)CCNC1=NCCN1. The Hall–Kier alpha value is -0.580. The van der Waals surface area contributed by atoms with Crippen LogP contribution in [-0.2, 0) is 10.8 Å². The van der Waals surface area contributed by atoms with Gasteiger partial charge in [0.05, 0.1) is 6.54 Å². The smallest absolute Gasteiger partial charge is 0.191 e. The van der Waals surface area contributed by atoms with Crippen molar-refractivity contribution in [2.75, 3.05) is 31.1 Å². The highest BCUT2D eigenvalue weighted by Crippen LogP contribution is 1.82. The molecule has 0 bridgehead atoms. The van der Waals surface area contributed by atoms with Crippen molar-refractivity contribution < 1.29 is 4.21 Å². The molecule has 0 radical (unpaired) electrons. The summed E-state index contributed by atoms with van der Waals surface area (Å²) in [7, 11) is -0.672. The number of hydrogen-bond donors (Lipinski definition) is 2. The summed E-state index contributed by atoms with van der Waals surface area (Å²) in [5.74, 6) is 2.29. The van der Waals surface area contributed by atoms with Crippen LogP contribution >= 0.6 is 0 Å². The standard InChI is InChI=1S/C7H15N3OS/c1-2-12(11)6-5-10-7-8-3-4-9-7/h2-6H2,1H3,(H2,8,9,10). The van der Waals surface area contributed by atoms with Crippen molar-refractivity contribution in [1.29, 1.82) is 0 Å². The molecule has 0 saturated heterocycles. The van der Waals surface area contributed by atoms with Crippen molar-refractivity contribution in [2.45, 2.75) is 6.92 Å². The summed E-state index contributed by atoms with van der Waals surface area (Å²) in [6.07, 6.45) is 0. The largest absolute Gasteiger partial charge is 0.355 e. The Morgan fingerprint density at radius 3 is 3.17 bits per heavy atom. The zero-order valence-electron chi connectivity index (χ0n) is 7.30. The molecule has 70 valence electrons. The van der Waals surface area contributed by atoms with Gasteiger partial charge in [-0.3, -0.25) is 9.20 Å². The Morgan fingerprint density at radius 2 is 2.58 bits per heavy atom. The molecule has 1 aliphatic heterocycles. The van der Waals surface area contributed by atoms with Gasteiger partial charge in [-0.1, -0.05) is 6.92 Å². The highest BCUT2D eigenvalue weighted by atomic mass is 32.2. The van der Waals surface area contributed by atoms with Crippen molar-refractivity contribution in [3.63, 3.8) is 0 Å². The molecular weight excluding hydrogens is 174 g/mol. The third-order valence-corrected chi connectivity index (χ3v) is 2.92. The summed E-state index contributed by atoms with van der Waals surface area (Å²) in [6, 6.07) is 0. The second kappa shape index (κ2) is 5.13. The third-order valence-electron chi connectivity index (χ3n) is 1.62. The molecule has 1 aliphatic rings. The van der Waals surface area contributed by atoms with Crippen LogP contribution in [0, 0.1) is 0 Å². The Balaban J connectivity index is 2.05. The van der Waals surface area contributed by atoms with Crippen LogP contribution in [0.25, 0.3) is 0 Å². The maximum Gasteiger partial charge on any atom is 0.191 e. The number of rotatable bonds is 4. The fourth-order valence-corrected chi connectivity index (χ4v) is 1.56. The first-order chi connectivity index (χ1) is 5.83. The van der Waals surface area contributed by atoms with Crippen molar-refractivity contribution in [1.82, 2.24) is 10.6 Å². The second-order valence-electron chi connectivity index (χ2n) is 2.52. The molecule has 12 heavy (non-hydrogen) atoms. The molecule has 4 nitrogen and oxygen atoms in total. The predicted octanol–water partition coefficient (Wildman–Crippen LogP) is -0.696. The summed E-state index contributed by atoms with van der Waals surface area (Å²) in [4.78, 5) is 4.15. The van der Waals surface area contributed by atoms with E-state index in [1.807, 2.05) is 6.92 Å². The van der Waals surface area contributed by atoms with Gasteiger partial charge in [0.25, 0.3) is 0 Å². The Labute approximate surface area is 75.3 Å². The lowest BCUT2D eigenvalue weighted by Gasteiger charge is -2.04. The van der Waals surface area contributed by atoms with Gasteiger partial charge >= 0.3 is 0 Å². The molecule has 0 aromatic rings. The van der Waals surface area contributed by atoms with Gasteiger partial charge in [0.2, 0.25) is 0 Å². The summed E-state index contributed by atoms with van der Waals surface area (Å²) in [6.45, 7) is 4.44. The van der Waals surface area contributed by atoms with Gasteiger partial charge in [-0.15, -0.1) is 0 Å². The van der Waals surface area contributed by atoms with E-state index < -0.39 is 10.8 Å². The Bertz CT molecular complexity index is 193. The number of aliphatic imine (C=N–C) groups is 1. The van der Waals surface area contributed by atoms with E-state index in [-0.39, 0.29) is 0 Å². The molecule has 0 aromatic carbocycles. The zero-order valence-corrected chi connectivity index (χ0v) is 8.12. The van der Waals surface area contributed by atoms with Crippen molar-refractivity contribution >= 4 is 16.8 Å². The van der Waals surface area contributed by atoms with Crippen LogP contribution < -0.4 is 10.6 Å². The molecule has 0 aromatic heterocycles. The molecule has 0 aliphatic carbocycles. The average molecular weight is 189 g/mol. The van der Waals surface area contributed by atoms with Crippen LogP contribution in [0.5, 0.6) is 0 Å². The van der Waals surface area contributed by atoms with Gasteiger partial charge in [0.1, 0.15) is 0 Å². The summed E-state index contributed by atoms with van der Waals surface area (Å²) >= 11 is 0. The van der Waals surface area contributed by atoms with Crippen molar-refractivity contribution in [2.24, 2.45) is 4.99 Å². The number of nitrogens with one attached hydrogen (secondary N) is 2. The second-order valence-corrected chi connectivity index (χ2v) is 4.38. The minimum atomic E-state index is -0.672. The van der Waals surface area contributed by atoms with Crippen LogP contribution in [0.4, 0.5) is 0 Å². The molecule has 1 rings (SSSR count). The quantitative estimate of drug-likeness (QED) is 0.615. The lowest BCUT2D eigenvalue weighted by molar-refractivity contribution is 0.682. The van der Waals surface area contributed by atoms with Crippen LogP contribution in [0.1, 0.15) is 6.92 Å². The monoisotopic (exact) mass is 189 g/mol. The van der Waals surface area contributed by atoms with Gasteiger partial charge in [0, 0.05) is 35.4 Å². The molecule has 0 saturated carbocycles. The zero-order chi connectivity index (χ0) is 8.81. The van der Waals surface area contributed by atoms with Gasteiger partial charge in [0.15, 0.2) is 5.96 Å². The number of hydrogen-bond acceptors (Lipinski definition) is 4. The van der Waals surface area contributed by atoms with Gasteiger partial charge < -0.3 is 10.6 Å². The van der Waals surface area contributed by atoms with E-state index in [1.54, 1.807) is 0 Å². The molecule has 0 fully saturated rings. The molecule has 2 N–H and O–H groups in total. The molecule has 0 spiro atoms. The Kier molecular flexibility index (Phi) is 4.07. The summed E-state index contributed by atoms with van der Waals surface area (Å²) < 4.78 is 11.0. The van der Waals surface area contributed by atoms with Crippen LogP contribution in [0.2, 0.25) is 0 Å². The van der Waals surface area contributed by atoms with E-state index in [9.17, 15) is 4.21 Å². The van der Waals surface area contributed by atoms with Crippen molar-refractivity contribution in [3.05, 3.63) is 0 Å². The van der Waals surface area contributed by atoms with E-state index >= 15 is 0 Å². The third kappa shape index (κ3) is 3.21. The fraction of sp³-hybridized carbons (Fsp3) is 0.857. The van der Waals surface area contributed by atoms with Crippen molar-refractivity contribution in [3.8, 4) is 0 Å². The molecular formula is C7H15N3OS. The summed E-state index contributed by atoms with van der Waals surface area (Å²) in [5, 5.41) is 6.18. The molecule has 5 heteroatoms. The minimum absolute atomic E-state index is 0.672. The van der Waals surface area contributed by atoms with Crippen LogP contribution in [0.15, 0.2) is 4.99 Å². The average Bonchev–Trinajstić information content (AvgIpc) is 2.57. The minimum Gasteiger partial charge on any atom is -0.355 e. The first-order valence-electron chi connectivity index (χ1n) is 4.20. The molecule has 1 unspecified atom stereocenters. The lowest BCUT2D eigenvalue weighted by atomic mass is 10.7. The van der Waals surface area contributed by atoms with Gasteiger partial charge in [-0.05, 0) is 0 Å². The van der Waals surface area contributed by atoms with E-state index in [0.717, 1.165) is 31.3 Å². The predicted molar refractivity (Wildman–Crippen MR) is 51.9 cm³/mol. The van der Waals surface area contributed by atoms with E-state index in [0.29, 0.717) is 5.75 Å². The highest BCUT2D eigenvalue weighted by molar-refractivity contribution is 7.84. The molecule has 0 amide bonds. The highest BCUT2D eigenvalue weighted by Gasteiger charge is 2.03. The van der Waals surface area contributed by atoms with E-state index in [2.05, 4.69) is 15.6 Å². The lowest BCUT2D eigenvalue weighted by Crippen LogP contribution is -2.36. The maximum absolute atomic E-state index is 11.0. The molecule has 1 atom stereocenters. The number of nitrogens with zero attached hydrogens (tertiary/aromatic N) is 1. The van der Waals surface area contributed by atoms with Gasteiger partial charge in [-0.2, -0.15) is 0 Å². The van der Waals surface area contributed by atoms with Crippen LogP contribution in [0.3, 0.4) is 0 Å². The normalized spacial score (nSPS) is 18.2. The van der Waals surface area contributed by atoms with Crippen LogP contribution in [-0.4, -0.2) is 41.3 Å². The van der Waals surface area contributed by atoms with Gasteiger partial charge in [-0.25, -0.2) is 0 Å². The van der Waals surface area contributed by atoms with E-state index in [1.165, 1.54) is 0 Å². The maximum atomic E-state index is 11.0. The Morgan fingerprint density at radius 1 is 1.75 bits per heavy atom. The van der Waals surface area contributed by atoms with E-state index in [4.69, 9.17) is 0 Å².